The summed E-state index contributed by atoms with van der Waals surface area (Å²) in [5, 5.41) is 4.85. The summed E-state index contributed by atoms with van der Waals surface area (Å²) in [6.45, 7) is 4.40. The smallest absolute Gasteiger partial charge is 0.254 e. The molecule has 0 spiro atoms. The van der Waals surface area contributed by atoms with E-state index in [0.29, 0.717) is 18.9 Å². The molecule has 3 aromatic rings. The molecule has 0 fully saturated rings. The van der Waals surface area contributed by atoms with Gasteiger partial charge in [0.05, 0.1) is 13.2 Å². The van der Waals surface area contributed by atoms with Gasteiger partial charge in [0.15, 0.2) is 0 Å². The van der Waals surface area contributed by atoms with Gasteiger partial charge in [0.25, 0.3) is 5.56 Å². The number of thiophene rings is 1. The van der Waals surface area contributed by atoms with Crippen LogP contribution >= 0.6 is 11.3 Å². The predicted molar refractivity (Wildman–Crippen MR) is 109 cm³/mol. The molecule has 6 heteroatoms. The molecule has 3 rings (SSSR count). The van der Waals surface area contributed by atoms with Gasteiger partial charge in [0.1, 0.15) is 5.75 Å². The number of pyridine rings is 1. The van der Waals surface area contributed by atoms with E-state index in [1.54, 1.807) is 22.1 Å². The molecular formula is C21H22N2O3S. The Morgan fingerprint density at radius 3 is 2.78 bits per heavy atom. The number of nitrogens with zero attached hydrogens (tertiary/aromatic N) is 1. The Kier molecular flexibility index (Phi) is 6.08. The van der Waals surface area contributed by atoms with Gasteiger partial charge in [-0.1, -0.05) is 18.2 Å². The number of hydrogen-bond acceptors (Lipinski definition) is 4. The highest BCUT2D eigenvalue weighted by Crippen LogP contribution is 2.20. The van der Waals surface area contributed by atoms with Crippen LogP contribution in [0.2, 0.25) is 0 Å². The SMILES string of the molecule is CC(=O)Nc1cccc(Cn2ccc(OCCc3cccs3)cc2=O)c1C. The zero-order valence-corrected chi connectivity index (χ0v) is 16.2. The normalized spacial score (nSPS) is 10.6. The van der Waals surface area contributed by atoms with E-state index in [0.717, 1.165) is 23.2 Å². The molecule has 0 saturated heterocycles. The zero-order chi connectivity index (χ0) is 19.2. The van der Waals surface area contributed by atoms with Gasteiger partial charge in [0, 0.05) is 36.2 Å². The number of carbonyl (C=O) groups excluding carboxylic acids is 1. The first kappa shape index (κ1) is 18.9. The standard InChI is InChI=1S/C21H22N2O3S/c1-15-17(5-3-7-20(15)22-16(2)24)14-23-10-8-18(13-21(23)25)26-11-9-19-6-4-12-27-19/h3-8,10,12-13H,9,11,14H2,1-2H3,(H,22,24). The minimum atomic E-state index is -0.118. The van der Waals surface area contributed by atoms with E-state index in [-0.39, 0.29) is 11.5 Å². The summed E-state index contributed by atoms with van der Waals surface area (Å²) >= 11 is 1.70. The van der Waals surface area contributed by atoms with Crippen LogP contribution in [0.5, 0.6) is 5.75 Å². The molecule has 1 N–H and O–H groups in total. The van der Waals surface area contributed by atoms with Crippen LogP contribution < -0.4 is 15.6 Å². The molecule has 0 aliphatic heterocycles. The quantitative estimate of drug-likeness (QED) is 0.675. The van der Waals surface area contributed by atoms with Gasteiger partial charge < -0.3 is 14.6 Å². The Morgan fingerprint density at radius 2 is 2.07 bits per heavy atom. The molecular weight excluding hydrogens is 360 g/mol. The number of hydrogen-bond donors (Lipinski definition) is 1. The van der Waals surface area contributed by atoms with Crippen molar-refractivity contribution in [1.29, 1.82) is 0 Å². The Bertz CT molecular complexity index is 977. The van der Waals surface area contributed by atoms with Crippen molar-refractivity contribution in [3.63, 3.8) is 0 Å². The van der Waals surface area contributed by atoms with Gasteiger partial charge in [-0.2, -0.15) is 0 Å². The highest BCUT2D eigenvalue weighted by molar-refractivity contribution is 7.09. The van der Waals surface area contributed by atoms with Crippen molar-refractivity contribution in [3.8, 4) is 5.75 Å². The molecule has 0 atom stereocenters. The number of ether oxygens (including phenoxy) is 1. The van der Waals surface area contributed by atoms with Crippen LogP contribution in [0.3, 0.4) is 0 Å². The molecule has 2 aromatic heterocycles. The molecule has 0 unspecified atom stereocenters. The lowest BCUT2D eigenvalue weighted by Gasteiger charge is -2.13. The van der Waals surface area contributed by atoms with Crippen LogP contribution in [-0.4, -0.2) is 17.1 Å². The molecule has 0 radical (unpaired) electrons. The minimum absolute atomic E-state index is 0.114. The topological polar surface area (TPSA) is 60.3 Å². The summed E-state index contributed by atoms with van der Waals surface area (Å²) < 4.78 is 7.33. The highest BCUT2D eigenvalue weighted by Gasteiger charge is 2.07. The van der Waals surface area contributed by atoms with Crippen LogP contribution in [0.25, 0.3) is 0 Å². The molecule has 140 valence electrons. The number of benzene rings is 1. The number of anilines is 1. The maximum absolute atomic E-state index is 12.4. The van der Waals surface area contributed by atoms with E-state index in [9.17, 15) is 9.59 Å². The summed E-state index contributed by atoms with van der Waals surface area (Å²) in [7, 11) is 0. The predicted octanol–water partition coefficient (Wildman–Crippen LogP) is 3.85. The Morgan fingerprint density at radius 1 is 1.22 bits per heavy atom. The van der Waals surface area contributed by atoms with Gasteiger partial charge in [-0.15, -0.1) is 11.3 Å². The molecule has 5 nitrogen and oxygen atoms in total. The first-order valence-electron chi connectivity index (χ1n) is 8.74. The maximum Gasteiger partial charge on any atom is 0.254 e. The summed E-state index contributed by atoms with van der Waals surface area (Å²) in [4.78, 5) is 25.0. The van der Waals surface area contributed by atoms with Crippen molar-refractivity contribution in [2.45, 2.75) is 26.8 Å². The van der Waals surface area contributed by atoms with Crippen molar-refractivity contribution in [2.24, 2.45) is 0 Å². The van der Waals surface area contributed by atoms with E-state index in [1.807, 2.05) is 42.6 Å². The fourth-order valence-electron chi connectivity index (χ4n) is 2.80. The second kappa shape index (κ2) is 8.68. The lowest BCUT2D eigenvalue weighted by atomic mass is 10.1. The van der Waals surface area contributed by atoms with Gasteiger partial charge in [0.2, 0.25) is 5.91 Å². The van der Waals surface area contributed by atoms with Crippen LogP contribution in [0.4, 0.5) is 5.69 Å². The van der Waals surface area contributed by atoms with Crippen molar-refractivity contribution < 1.29 is 9.53 Å². The monoisotopic (exact) mass is 382 g/mol. The molecule has 0 bridgehead atoms. The number of aromatic nitrogens is 1. The summed E-state index contributed by atoms with van der Waals surface area (Å²) in [6.07, 6.45) is 2.57. The molecule has 0 aliphatic carbocycles. The van der Waals surface area contributed by atoms with E-state index >= 15 is 0 Å². The second-order valence-electron chi connectivity index (χ2n) is 6.28. The molecule has 0 saturated carbocycles. The fraction of sp³-hybridized carbons (Fsp3) is 0.238. The van der Waals surface area contributed by atoms with Gasteiger partial charge in [-0.25, -0.2) is 0 Å². The van der Waals surface area contributed by atoms with E-state index in [2.05, 4.69) is 11.4 Å². The Balaban J connectivity index is 1.67. The van der Waals surface area contributed by atoms with Crippen molar-refractivity contribution in [3.05, 3.63) is 80.4 Å². The second-order valence-corrected chi connectivity index (χ2v) is 7.31. The molecule has 27 heavy (non-hydrogen) atoms. The number of amides is 1. The Hall–Kier alpha value is -2.86. The third kappa shape index (κ3) is 5.08. The van der Waals surface area contributed by atoms with Crippen molar-refractivity contribution in [1.82, 2.24) is 4.57 Å². The summed E-state index contributed by atoms with van der Waals surface area (Å²) in [5.41, 5.74) is 2.58. The largest absolute Gasteiger partial charge is 0.493 e. The summed E-state index contributed by atoms with van der Waals surface area (Å²) in [6, 6.07) is 13.1. The maximum atomic E-state index is 12.4. The first-order chi connectivity index (χ1) is 13.0. The third-order valence-corrected chi connectivity index (χ3v) is 5.20. The fourth-order valence-corrected chi connectivity index (χ4v) is 3.49. The summed E-state index contributed by atoms with van der Waals surface area (Å²) in [5.74, 6) is 0.466. The van der Waals surface area contributed by atoms with Crippen molar-refractivity contribution in [2.75, 3.05) is 11.9 Å². The van der Waals surface area contributed by atoms with Gasteiger partial charge >= 0.3 is 0 Å². The van der Waals surface area contributed by atoms with Gasteiger partial charge in [-0.05, 0) is 41.6 Å². The minimum Gasteiger partial charge on any atom is -0.493 e. The molecule has 1 aromatic carbocycles. The average Bonchev–Trinajstić information content (AvgIpc) is 3.13. The van der Waals surface area contributed by atoms with Crippen LogP contribution in [0.1, 0.15) is 22.9 Å². The molecule has 2 heterocycles. The first-order valence-corrected chi connectivity index (χ1v) is 9.62. The molecule has 0 aliphatic rings. The van der Waals surface area contributed by atoms with Gasteiger partial charge in [-0.3, -0.25) is 9.59 Å². The van der Waals surface area contributed by atoms with E-state index in [1.165, 1.54) is 17.9 Å². The highest BCUT2D eigenvalue weighted by atomic mass is 32.1. The average molecular weight is 382 g/mol. The molecule has 1 amide bonds. The number of rotatable bonds is 7. The van der Waals surface area contributed by atoms with Crippen LogP contribution in [0.15, 0.2) is 58.8 Å². The Labute approximate surface area is 162 Å². The van der Waals surface area contributed by atoms with E-state index < -0.39 is 0 Å². The van der Waals surface area contributed by atoms with E-state index in [4.69, 9.17) is 4.74 Å². The lowest BCUT2D eigenvalue weighted by Crippen LogP contribution is -2.20. The van der Waals surface area contributed by atoms with Crippen LogP contribution in [0, 0.1) is 6.92 Å². The number of nitrogens with one attached hydrogen (secondary N) is 1. The lowest BCUT2D eigenvalue weighted by molar-refractivity contribution is -0.114. The van der Waals surface area contributed by atoms with Crippen LogP contribution in [-0.2, 0) is 17.8 Å². The third-order valence-electron chi connectivity index (χ3n) is 4.26. The number of carbonyl (C=O) groups is 1. The zero-order valence-electron chi connectivity index (χ0n) is 15.4. The van der Waals surface area contributed by atoms with Crippen molar-refractivity contribution >= 4 is 22.9 Å².